The van der Waals surface area contributed by atoms with Crippen molar-refractivity contribution in [2.45, 2.75) is 56.5 Å². The van der Waals surface area contributed by atoms with Gasteiger partial charge >= 0.3 is 0 Å². The van der Waals surface area contributed by atoms with E-state index in [1.165, 1.54) is 44.9 Å². The summed E-state index contributed by atoms with van der Waals surface area (Å²) < 4.78 is 5.32. The number of aliphatic hydroxyl groups excluding tert-OH is 1. The lowest BCUT2D eigenvalue weighted by molar-refractivity contribution is 0.0363. The monoisotopic (exact) mass is 227 g/mol. The summed E-state index contributed by atoms with van der Waals surface area (Å²) in [5.74, 6) is 0.624. The molecular weight excluding hydrogens is 202 g/mol. The molecule has 3 nitrogen and oxygen atoms in total. The molecule has 2 saturated carbocycles. The minimum Gasteiger partial charge on any atom is -0.394 e. The van der Waals surface area contributed by atoms with Crippen LogP contribution in [0, 0.1) is 5.92 Å². The highest BCUT2D eigenvalue weighted by molar-refractivity contribution is 5.02. The van der Waals surface area contributed by atoms with E-state index in [0.29, 0.717) is 18.6 Å². The fraction of sp³-hybridized carbons (Fsp3) is 1.00. The molecule has 2 aliphatic rings. The number of hydrogen-bond donors (Lipinski definition) is 2. The van der Waals surface area contributed by atoms with Crippen LogP contribution in [-0.4, -0.2) is 37.0 Å². The minimum atomic E-state index is -0.156. The van der Waals surface area contributed by atoms with Gasteiger partial charge in [-0.05, 0) is 31.6 Å². The molecule has 0 radical (unpaired) electrons. The van der Waals surface area contributed by atoms with Crippen LogP contribution in [0.5, 0.6) is 0 Å². The predicted molar refractivity (Wildman–Crippen MR) is 64.4 cm³/mol. The molecule has 2 N–H and O–H groups in total. The second-order valence-corrected chi connectivity index (χ2v) is 5.50. The first-order chi connectivity index (χ1) is 7.80. The average molecular weight is 227 g/mol. The van der Waals surface area contributed by atoms with Crippen LogP contribution in [0.3, 0.4) is 0 Å². The Balaban J connectivity index is 1.94. The lowest BCUT2D eigenvalue weighted by Crippen LogP contribution is -2.58. The summed E-state index contributed by atoms with van der Waals surface area (Å²) in [6.07, 6.45) is 9.04. The molecule has 0 amide bonds. The summed E-state index contributed by atoms with van der Waals surface area (Å²) in [6.45, 7) is 0.854. The van der Waals surface area contributed by atoms with Crippen LogP contribution in [0.25, 0.3) is 0 Å². The van der Waals surface area contributed by atoms with Gasteiger partial charge in [0.25, 0.3) is 0 Å². The Labute approximate surface area is 98.6 Å². The highest BCUT2D eigenvalue weighted by atomic mass is 16.5. The fourth-order valence-electron chi connectivity index (χ4n) is 3.04. The van der Waals surface area contributed by atoms with Crippen LogP contribution in [0.2, 0.25) is 0 Å². The van der Waals surface area contributed by atoms with Gasteiger partial charge in [0, 0.05) is 13.2 Å². The van der Waals surface area contributed by atoms with E-state index in [4.69, 9.17) is 4.74 Å². The molecule has 0 aromatic rings. The number of nitrogens with one attached hydrogen (secondary N) is 1. The Hall–Kier alpha value is -0.120. The molecule has 0 aliphatic heterocycles. The molecule has 3 heteroatoms. The third kappa shape index (κ3) is 2.76. The Morgan fingerprint density at radius 3 is 2.38 bits per heavy atom. The molecule has 2 rings (SSSR count). The lowest BCUT2D eigenvalue weighted by atomic mass is 9.89. The van der Waals surface area contributed by atoms with Crippen LogP contribution >= 0.6 is 0 Å². The van der Waals surface area contributed by atoms with Crippen molar-refractivity contribution in [2.75, 3.05) is 20.3 Å². The summed E-state index contributed by atoms with van der Waals surface area (Å²) in [5.41, 5.74) is -0.156. The first-order valence-corrected chi connectivity index (χ1v) is 6.68. The van der Waals surface area contributed by atoms with Gasteiger partial charge in [0.15, 0.2) is 0 Å². The van der Waals surface area contributed by atoms with Crippen LogP contribution in [0.4, 0.5) is 0 Å². The molecule has 0 heterocycles. The molecule has 2 aliphatic carbocycles. The maximum atomic E-state index is 9.71. The second-order valence-electron chi connectivity index (χ2n) is 5.50. The zero-order valence-corrected chi connectivity index (χ0v) is 10.4. The molecule has 0 spiro atoms. The predicted octanol–water partition coefficient (Wildman–Crippen LogP) is 1.70. The topological polar surface area (TPSA) is 41.5 Å². The fourth-order valence-corrected chi connectivity index (χ4v) is 3.04. The maximum absolute atomic E-state index is 9.71. The van der Waals surface area contributed by atoms with Crippen molar-refractivity contribution in [1.29, 1.82) is 0 Å². The first-order valence-electron chi connectivity index (χ1n) is 6.68. The Bertz CT molecular complexity index is 212. The molecule has 0 saturated heterocycles. The van der Waals surface area contributed by atoms with E-state index in [1.54, 1.807) is 7.11 Å². The van der Waals surface area contributed by atoms with Crippen LogP contribution in [0.15, 0.2) is 0 Å². The molecule has 0 aromatic heterocycles. The van der Waals surface area contributed by atoms with Crippen molar-refractivity contribution in [3.05, 3.63) is 0 Å². The quantitative estimate of drug-likeness (QED) is 0.725. The summed E-state index contributed by atoms with van der Waals surface area (Å²) in [7, 11) is 1.73. The third-order valence-electron chi connectivity index (χ3n) is 4.14. The minimum absolute atomic E-state index is 0.156. The Morgan fingerprint density at radius 2 is 1.88 bits per heavy atom. The smallest absolute Gasteiger partial charge is 0.0681 e. The van der Waals surface area contributed by atoms with E-state index in [1.807, 2.05) is 0 Å². The van der Waals surface area contributed by atoms with Gasteiger partial charge < -0.3 is 15.2 Å². The van der Waals surface area contributed by atoms with Crippen molar-refractivity contribution >= 4 is 0 Å². The molecule has 1 atom stereocenters. The summed E-state index contributed by atoms with van der Waals surface area (Å²) in [4.78, 5) is 0. The number of rotatable bonds is 6. The third-order valence-corrected chi connectivity index (χ3v) is 4.14. The zero-order valence-electron chi connectivity index (χ0n) is 10.4. The van der Waals surface area contributed by atoms with Crippen molar-refractivity contribution in [3.8, 4) is 0 Å². The molecular formula is C13H25NO2. The van der Waals surface area contributed by atoms with E-state index in [0.717, 1.165) is 0 Å². The summed E-state index contributed by atoms with van der Waals surface area (Å²) in [5, 5.41) is 13.4. The van der Waals surface area contributed by atoms with Gasteiger partial charge in [0.1, 0.15) is 0 Å². The molecule has 0 bridgehead atoms. The number of aliphatic hydroxyl groups is 1. The summed E-state index contributed by atoms with van der Waals surface area (Å²) >= 11 is 0. The van der Waals surface area contributed by atoms with E-state index >= 15 is 0 Å². The Morgan fingerprint density at radius 1 is 1.19 bits per heavy atom. The highest BCUT2D eigenvalue weighted by Crippen LogP contribution is 2.40. The van der Waals surface area contributed by atoms with Crippen molar-refractivity contribution < 1.29 is 9.84 Å². The van der Waals surface area contributed by atoms with E-state index < -0.39 is 0 Å². The second kappa shape index (κ2) is 5.48. The average Bonchev–Trinajstić information content (AvgIpc) is 3.14. The molecule has 1 unspecified atom stereocenters. The first kappa shape index (κ1) is 12.3. The maximum Gasteiger partial charge on any atom is 0.0681 e. The van der Waals surface area contributed by atoms with Crippen LogP contribution in [-0.2, 0) is 4.74 Å². The molecule has 0 aromatic carbocycles. The zero-order chi connectivity index (χ0) is 11.4. The van der Waals surface area contributed by atoms with E-state index in [2.05, 4.69) is 5.32 Å². The number of methoxy groups -OCH3 is 1. The van der Waals surface area contributed by atoms with Gasteiger partial charge in [-0.2, -0.15) is 0 Å². The van der Waals surface area contributed by atoms with Crippen molar-refractivity contribution in [1.82, 2.24) is 5.32 Å². The van der Waals surface area contributed by atoms with Gasteiger partial charge in [0.05, 0.1) is 18.8 Å². The Kier molecular flexibility index (Phi) is 4.22. The van der Waals surface area contributed by atoms with E-state index in [9.17, 15) is 5.11 Å². The van der Waals surface area contributed by atoms with E-state index in [-0.39, 0.29) is 12.1 Å². The number of hydrogen-bond acceptors (Lipinski definition) is 3. The number of ether oxygens (including phenoxy) is 1. The lowest BCUT2D eigenvalue weighted by Gasteiger charge is -2.38. The van der Waals surface area contributed by atoms with Gasteiger partial charge in [-0.3, -0.25) is 0 Å². The SMILES string of the molecule is COCC(CO)(NC1CCCCC1)C1CC1. The van der Waals surface area contributed by atoms with Crippen LogP contribution in [0.1, 0.15) is 44.9 Å². The van der Waals surface area contributed by atoms with Gasteiger partial charge in [-0.25, -0.2) is 0 Å². The summed E-state index contributed by atoms with van der Waals surface area (Å²) in [6, 6.07) is 0.594. The molecule has 16 heavy (non-hydrogen) atoms. The van der Waals surface area contributed by atoms with Crippen LogP contribution < -0.4 is 5.32 Å². The van der Waals surface area contributed by atoms with Gasteiger partial charge in [-0.1, -0.05) is 19.3 Å². The largest absolute Gasteiger partial charge is 0.394 e. The highest BCUT2D eigenvalue weighted by Gasteiger charge is 2.45. The van der Waals surface area contributed by atoms with Gasteiger partial charge in [-0.15, -0.1) is 0 Å². The van der Waals surface area contributed by atoms with Gasteiger partial charge in [0.2, 0.25) is 0 Å². The normalized spacial score (nSPS) is 26.6. The standard InChI is InChI=1S/C13H25NO2/c1-16-10-13(9-15,11-7-8-11)14-12-5-3-2-4-6-12/h11-12,14-15H,2-10H2,1H3. The van der Waals surface area contributed by atoms with Crippen molar-refractivity contribution in [3.63, 3.8) is 0 Å². The van der Waals surface area contributed by atoms with Crippen molar-refractivity contribution in [2.24, 2.45) is 5.92 Å². The molecule has 2 fully saturated rings. The molecule has 94 valence electrons.